The normalized spacial score (nSPS) is 11.6. The second-order valence-electron chi connectivity index (χ2n) is 3.79. The Labute approximate surface area is 111 Å². The number of ether oxygens (including phenoxy) is 1. The van der Waals surface area contributed by atoms with Crippen LogP contribution in [0.3, 0.4) is 0 Å². The first-order chi connectivity index (χ1) is 9.43. The Balaban J connectivity index is 2.40. The first-order valence-corrected chi connectivity index (χ1v) is 5.62. The van der Waals surface area contributed by atoms with Crippen molar-refractivity contribution in [3.63, 3.8) is 0 Å². The Bertz CT molecular complexity index is 590. The van der Waals surface area contributed by atoms with Gasteiger partial charge in [0.2, 0.25) is 5.69 Å². The van der Waals surface area contributed by atoms with Crippen molar-refractivity contribution in [1.82, 2.24) is 15.0 Å². The maximum atomic E-state index is 13.0. The minimum Gasteiger partial charge on any atom is -0.472 e. The van der Waals surface area contributed by atoms with E-state index in [0.717, 1.165) is 0 Å². The van der Waals surface area contributed by atoms with Gasteiger partial charge in [-0.2, -0.15) is 13.2 Å². The summed E-state index contributed by atoms with van der Waals surface area (Å²) in [6, 6.07) is 1.49. The molecule has 0 unspecified atom stereocenters. The van der Waals surface area contributed by atoms with Crippen LogP contribution in [0, 0.1) is 0 Å². The Kier molecular flexibility index (Phi) is 3.77. The van der Waals surface area contributed by atoms with Gasteiger partial charge in [-0.25, -0.2) is 9.48 Å². The molecule has 2 rings (SSSR count). The minimum atomic E-state index is -4.77. The third kappa shape index (κ3) is 2.81. The summed E-state index contributed by atoms with van der Waals surface area (Å²) in [5.41, 5.74) is -1.61. The molecule has 0 aliphatic heterocycles. The quantitative estimate of drug-likeness (QED) is 0.806. The molecule has 6 nitrogen and oxygen atoms in total. The highest BCUT2D eigenvalue weighted by Gasteiger charge is 2.42. The molecule has 108 valence electrons. The Morgan fingerprint density at radius 1 is 1.50 bits per heavy atom. The number of hydrogen-bond donors (Lipinski definition) is 0. The van der Waals surface area contributed by atoms with Crippen molar-refractivity contribution in [3.05, 3.63) is 35.5 Å². The smallest absolute Gasteiger partial charge is 0.435 e. The van der Waals surface area contributed by atoms with Gasteiger partial charge in [0.1, 0.15) is 0 Å². The predicted molar refractivity (Wildman–Crippen MR) is 58.8 cm³/mol. The van der Waals surface area contributed by atoms with Crippen molar-refractivity contribution in [2.75, 3.05) is 6.61 Å². The summed E-state index contributed by atoms with van der Waals surface area (Å²) in [5.74, 6) is -1.15. The van der Waals surface area contributed by atoms with Gasteiger partial charge in [0.05, 0.1) is 25.7 Å². The molecule has 2 aromatic heterocycles. The van der Waals surface area contributed by atoms with Gasteiger partial charge in [0.15, 0.2) is 5.69 Å². The molecule has 9 heteroatoms. The fourth-order valence-electron chi connectivity index (χ4n) is 1.60. The average molecular weight is 289 g/mol. The minimum absolute atomic E-state index is 0.0509. The lowest BCUT2D eigenvalue weighted by atomic mass is 10.3. The molecule has 0 spiro atoms. The van der Waals surface area contributed by atoms with Crippen LogP contribution >= 0.6 is 0 Å². The third-order valence-corrected chi connectivity index (χ3v) is 2.38. The zero-order chi connectivity index (χ0) is 14.8. The number of hydrogen-bond acceptors (Lipinski definition) is 5. The van der Waals surface area contributed by atoms with Crippen molar-refractivity contribution in [2.45, 2.75) is 19.6 Å². The largest absolute Gasteiger partial charge is 0.472 e. The topological polar surface area (TPSA) is 70.2 Å². The van der Waals surface area contributed by atoms with E-state index in [1.807, 2.05) is 0 Å². The molecule has 0 amide bonds. The van der Waals surface area contributed by atoms with Gasteiger partial charge in [-0.1, -0.05) is 5.21 Å². The van der Waals surface area contributed by atoms with Crippen LogP contribution in [0.2, 0.25) is 0 Å². The van der Waals surface area contributed by atoms with E-state index < -0.39 is 23.5 Å². The zero-order valence-corrected chi connectivity index (χ0v) is 10.3. The number of nitrogens with zero attached hydrogens (tertiary/aromatic N) is 3. The molecular formula is C11H10F3N3O3. The molecule has 0 aromatic carbocycles. The van der Waals surface area contributed by atoms with Gasteiger partial charge in [-0.15, -0.1) is 5.10 Å². The summed E-state index contributed by atoms with van der Waals surface area (Å²) in [6.07, 6.45) is -2.16. The van der Waals surface area contributed by atoms with E-state index in [2.05, 4.69) is 15.0 Å². The van der Waals surface area contributed by atoms with E-state index in [1.165, 1.54) is 25.5 Å². The molecule has 0 bridgehead atoms. The van der Waals surface area contributed by atoms with Crippen LogP contribution < -0.4 is 0 Å². The number of furan rings is 1. The number of carbonyl (C=O) groups is 1. The molecule has 0 aliphatic rings. The number of aromatic nitrogens is 3. The number of carbonyl (C=O) groups excluding carboxylic acids is 1. The highest BCUT2D eigenvalue weighted by molar-refractivity contribution is 5.88. The Morgan fingerprint density at radius 3 is 2.80 bits per heavy atom. The first-order valence-electron chi connectivity index (χ1n) is 5.62. The van der Waals surface area contributed by atoms with Crippen molar-refractivity contribution < 1.29 is 27.1 Å². The summed E-state index contributed by atoms with van der Waals surface area (Å²) in [6.45, 7) is 1.23. The van der Waals surface area contributed by atoms with Crippen LogP contribution in [-0.2, 0) is 17.5 Å². The number of halogens is 3. The molecule has 2 heterocycles. The van der Waals surface area contributed by atoms with Crippen LogP contribution in [0.25, 0.3) is 0 Å². The second-order valence-corrected chi connectivity index (χ2v) is 3.79. The van der Waals surface area contributed by atoms with E-state index in [1.54, 1.807) is 0 Å². The van der Waals surface area contributed by atoms with Gasteiger partial charge in [-0.05, 0) is 13.0 Å². The highest BCUT2D eigenvalue weighted by atomic mass is 19.4. The lowest BCUT2D eigenvalue weighted by molar-refractivity contribution is -0.144. The Hall–Kier alpha value is -2.32. The van der Waals surface area contributed by atoms with Crippen molar-refractivity contribution >= 4 is 5.97 Å². The lowest BCUT2D eigenvalue weighted by Crippen LogP contribution is -2.19. The molecule has 0 aliphatic carbocycles. The van der Waals surface area contributed by atoms with Crippen LogP contribution in [0.15, 0.2) is 23.0 Å². The predicted octanol–water partition coefficient (Wildman–Crippen LogP) is 2.11. The molecule has 0 atom stereocenters. The number of alkyl halides is 3. The molecule has 0 saturated carbocycles. The van der Waals surface area contributed by atoms with Gasteiger partial charge in [-0.3, -0.25) is 0 Å². The molecular weight excluding hydrogens is 279 g/mol. The van der Waals surface area contributed by atoms with E-state index in [0.29, 0.717) is 10.2 Å². The maximum Gasteiger partial charge on any atom is 0.435 e. The second kappa shape index (κ2) is 5.35. The summed E-state index contributed by atoms with van der Waals surface area (Å²) in [5, 5.41) is 6.63. The first kappa shape index (κ1) is 14.1. The fraction of sp³-hybridized carbons (Fsp3) is 0.364. The Morgan fingerprint density at radius 2 is 2.25 bits per heavy atom. The van der Waals surface area contributed by atoms with Crippen molar-refractivity contribution in [3.8, 4) is 0 Å². The van der Waals surface area contributed by atoms with Crippen molar-refractivity contribution in [1.29, 1.82) is 0 Å². The molecule has 0 fully saturated rings. The van der Waals surface area contributed by atoms with E-state index in [-0.39, 0.29) is 13.2 Å². The summed E-state index contributed by atoms with van der Waals surface area (Å²) in [7, 11) is 0. The average Bonchev–Trinajstić information content (AvgIpc) is 2.98. The number of esters is 1. The van der Waals surface area contributed by atoms with Crippen LogP contribution in [0.5, 0.6) is 0 Å². The van der Waals surface area contributed by atoms with E-state index in [9.17, 15) is 18.0 Å². The van der Waals surface area contributed by atoms with Crippen LogP contribution in [0.1, 0.15) is 28.7 Å². The summed E-state index contributed by atoms with van der Waals surface area (Å²) < 4.78 is 49.0. The zero-order valence-electron chi connectivity index (χ0n) is 10.3. The fourth-order valence-corrected chi connectivity index (χ4v) is 1.60. The maximum absolute atomic E-state index is 13.0. The molecule has 0 N–H and O–H groups in total. The third-order valence-electron chi connectivity index (χ3n) is 2.38. The summed E-state index contributed by atoms with van der Waals surface area (Å²) in [4.78, 5) is 11.5. The van der Waals surface area contributed by atoms with E-state index in [4.69, 9.17) is 4.42 Å². The van der Waals surface area contributed by atoms with Gasteiger partial charge >= 0.3 is 12.1 Å². The van der Waals surface area contributed by atoms with Crippen LogP contribution in [-0.4, -0.2) is 27.6 Å². The standard InChI is InChI=1S/C11H10F3N3O3/c1-2-20-10(18)8-9(11(12,13)14)17(16-15-8)5-7-3-4-19-6-7/h3-4,6H,2,5H2,1H3. The van der Waals surface area contributed by atoms with Gasteiger partial charge < -0.3 is 9.15 Å². The van der Waals surface area contributed by atoms with Crippen LogP contribution in [0.4, 0.5) is 13.2 Å². The molecule has 20 heavy (non-hydrogen) atoms. The monoisotopic (exact) mass is 289 g/mol. The molecule has 2 aromatic rings. The molecule has 0 radical (unpaired) electrons. The van der Waals surface area contributed by atoms with Crippen molar-refractivity contribution in [2.24, 2.45) is 0 Å². The van der Waals surface area contributed by atoms with E-state index >= 15 is 0 Å². The van der Waals surface area contributed by atoms with Gasteiger partial charge in [0, 0.05) is 5.56 Å². The summed E-state index contributed by atoms with van der Waals surface area (Å²) >= 11 is 0. The highest BCUT2D eigenvalue weighted by Crippen LogP contribution is 2.31. The SMILES string of the molecule is CCOC(=O)c1nnn(Cc2ccoc2)c1C(F)(F)F. The molecule has 0 saturated heterocycles. The van der Waals surface area contributed by atoms with Gasteiger partial charge in [0.25, 0.3) is 0 Å². The number of rotatable bonds is 4. The lowest BCUT2D eigenvalue weighted by Gasteiger charge is -2.10.